The van der Waals surface area contributed by atoms with Crippen LogP contribution in [0.3, 0.4) is 0 Å². The SMILES string of the molecule is CCCCCCC(NN)C1(N2CCCCC2)CCCC1. The molecule has 1 aliphatic heterocycles. The Bertz CT molecular complexity index is 255. The highest BCUT2D eigenvalue weighted by molar-refractivity contribution is 5.03. The summed E-state index contributed by atoms with van der Waals surface area (Å²) in [6, 6.07) is 0.500. The van der Waals surface area contributed by atoms with Crippen molar-refractivity contribution in [2.24, 2.45) is 5.84 Å². The van der Waals surface area contributed by atoms with Crippen molar-refractivity contribution in [2.75, 3.05) is 13.1 Å². The van der Waals surface area contributed by atoms with Gasteiger partial charge in [0.05, 0.1) is 0 Å². The van der Waals surface area contributed by atoms with Crippen molar-refractivity contribution < 1.29 is 0 Å². The fourth-order valence-corrected chi connectivity index (χ4v) is 4.49. The van der Waals surface area contributed by atoms with Gasteiger partial charge in [0.2, 0.25) is 0 Å². The first kappa shape index (κ1) is 16.3. The predicted octanol–water partition coefficient (Wildman–Crippen LogP) is 3.59. The summed E-state index contributed by atoms with van der Waals surface area (Å²) in [5.74, 6) is 5.98. The maximum Gasteiger partial charge on any atom is 0.0394 e. The van der Waals surface area contributed by atoms with Crippen molar-refractivity contribution in [1.82, 2.24) is 10.3 Å². The summed E-state index contributed by atoms with van der Waals surface area (Å²) >= 11 is 0. The second kappa shape index (κ2) is 8.35. The molecule has 0 aromatic heterocycles. The van der Waals surface area contributed by atoms with E-state index in [0.29, 0.717) is 11.6 Å². The summed E-state index contributed by atoms with van der Waals surface area (Å²) in [4.78, 5) is 2.80. The first-order chi connectivity index (χ1) is 9.83. The van der Waals surface area contributed by atoms with Crippen molar-refractivity contribution in [3.05, 3.63) is 0 Å². The summed E-state index contributed by atoms with van der Waals surface area (Å²) in [6.45, 7) is 4.88. The molecule has 1 aliphatic carbocycles. The van der Waals surface area contributed by atoms with Crippen LogP contribution in [0, 0.1) is 0 Å². The van der Waals surface area contributed by atoms with Crippen LogP contribution in [0.5, 0.6) is 0 Å². The molecule has 1 saturated heterocycles. The van der Waals surface area contributed by atoms with Crippen molar-refractivity contribution in [3.63, 3.8) is 0 Å². The molecular weight excluding hydrogens is 246 g/mol. The van der Waals surface area contributed by atoms with Crippen LogP contribution in [-0.2, 0) is 0 Å². The number of unbranched alkanes of at least 4 members (excludes halogenated alkanes) is 3. The molecule has 0 aromatic carbocycles. The molecule has 2 rings (SSSR count). The van der Waals surface area contributed by atoms with Crippen LogP contribution < -0.4 is 11.3 Å². The lowest BCUT2D eigenvalue weighted by Crippen LogP contribution is -2.62. The molecule has 1 heterocycles. The van der Waals surface area contributed by atoms with Gasteiger partial charge in [-0.15, -0.1) is 0 Å². The third kappa shape index (κ3) is 3.75. The Morgan fingerprint density at radius 1 is 1.00 bits per heavy atom. The van der Waals surface area contributed by atoms with Gasteiger partial charge >= 0.3 is 0 Å². The molecule has 0 aromatic rings. The number of hydrogen-bond acceptors (Lipinski definition) is 3. The van der Waals surface area contributed by atoms with E-state index in [2.05, 4.69) is 17.2 Å². The molecular formula is C17H35N3. The second-order valence-corrected chi connectivity index (χ2v) is 6.93. The third-order valence-corrected chi connectivity index (χ3v) is 5.65. The number of hydrogen-bond donors (Lipinski definition) is 2. The highest BCUT2D eigenvalue weighted by Gasteiger charge is 2.45. The maximum absolute atomic E-state index is 5.98. The predicted molar refractivity (Wildman–Crippen MR) is 86.5 cm³/mol. The Balaban J connectivity index is 1.96. The van der Waals surface area contributed by atoms with Crippen molar-refractivity contribution >= 4 is 0 Å². The molecule has 1 saturated carbocycles. The monoisotopic (exact) mass is 281 g/mol. The largest absolute Gasteiger partial charge is 0.296 e. The van der Waals surface area contributed by atoms with Crippen LogP contribution in [0.15, 0.2) is 0 Å². The third-order valence-electron chi connectivity index (χ3n) is 5.65. The summed E-state index contributed by atoms with van der Waals surface area (Å²) < 4.78 is 0. The number of likely N-dealkylation sites (tertiary alicyclic amines) is 1. The van der Waals surface area contributed by atoms with E-state index < -0.39 is 0 Å². The highest BCUT2D eigenvalue weighted by Crippen LogP contribution is 2.40. The topological polar surface area (TPSA) is 41.3 Å². The molecule has 118 valence electrons. The lowest BCUT2D eigenvalue weighted by Gasteiger charge is -2.48. The lowest BCUT2D eigenvalue weighted by molar-refractivity contribution is 0.0331. The van der Waals surface area contributed by atoms with Crippen LogP contribution in [0.4, 0.5) is 0 Å². The Morgan fingerprint density at radius 2 is 1.70 bits per heavy atom. The van der Waals surface area contributed by atoms with Crippen molar-refractivity contribution in [3.8, 4) is 0 Å². The van der Waals surface area contributed by atoms with E-state index in [1.54, 1.807) is 0 Å². The van der Waals surface area contributed by atoms with Gasteiger partial charge in [0.25, 0.3) is 0 Å². The highest BCUT2D eigenvalue weighted by atomic mass is 15.3. The Kier molecular flexibility index (Phi) is 6.79. The maximum atomic E-state index is 5.98. The van der Waals surface area contributed by atoms with Crippen LogP contribution in [0.2, 0.25) is 0 Å². The van der Waals surface area contributed by atoms with E-state index in [0.717, 1.165) is 0 Å². The number of nitrogens with two attached hydrogens (primary N) is 1. The zero-order valence-electron chi connectivity index (χ0n) is 13.5. The van der Waals surface area contributed by atoms with Gasteiger partial charge < -0.3 is 0 Å². The van der Waals surface area contributed by atoms with E-state index >= 15 is 0 Å². The van der Waals surface area contributed by atoms with E-state index in [4.69, 9.17) is 5.84 Å². The molecule has 20 heavy (non-hydrogen) atoms. The molecule has 2 fully saturated rings. The molecule has 0 amide bonds. The minimum Gasteiger partial charge on any atom is -0.296 e. The first-order valence-corrected chi connectivity index (χ1v) is 9.04. The molecule has 2 aliphatic rings. The fraction of sp³-hybridized carbons (Fsp3) is 1.00. The second-order valence-electron chi connectivity index (χ2n) is 6.93. The summed E-state index contributed by atoms with van der Waals surface area (Å²) in [7, 11) is 0. The number of hydrazine groups is 1. The zero-order chi connectivity index (χ0) is 14.3. The van der Waals surface area contributed by atoms with Crippen LogP contribution in [-0.4, -0.2) is 29.6 Å². The van der Waals surface area contributed by atoms with E-state index in [1.807, 2.05) is 0 Å². The number of rotatable bonds is 8. The fourth-order valence-electron chi connectivity index (χ4n) is 4.49. The number of nitrogens with zero attached hydrogens (tertiary/aromatic N) is 1. The van der Waals surface area contributed by atoms with Gasteiger partial charge in [-0.2, -0.15) is 0 Å². The lowest BCUT2D eigenvalue weighted by atomic mass is 9.82. The average molecular weight is 281 g/mol. The average Bonchev–Trinajstić information content (AvgIpc) is 2.99. The molecule has 0 spiro atoms. The zero-order valence-corrected chi connectivity index (χ0v) is 13.5. The summed E-state index contributed by atoms with van der Waals surface area (Å²) in [5, 5.41) is 0. The van der Waals surface area contributed by atoms with E-state index in [-0.39, 0.29) is 0 Å². The van der Waals surface area contributed by atoms with Gasteiger partial charge in [0.15, 0.2) is 0 Å². The van der Waals surface area contributed by atoms with Crippen molar-refractivity contribution in [2.45, 2.75) is 95.6 Å². The molecule has 0 radical (unpaired) electrons. The quantitative estimate of drug-likeness (QED) is 0.406. The molecule has 1 unspecified atom stereocenters. The Hall–Kier alpha value is -0.120. The van der Waals surface area contributed by atoms with Gasteiger partial charge in [0, 0.05) is 11.6 Å². The minimum absolute atomic E-state index is 0.376. The Morgan fingerprint density at radius 3 is 2.30 bits per heavy atom. The van der Waals surface area contributed by atoms with Gasteiger partial charge in [-0.3, -0.25) is 16.2 Å². The van der Waals surface area contributed by atoms with Crippen LogP contribution in [0.1, 0.15) is 84.0 Å². The van der Waals surface area contributed by atoms with E-state index in [9.17, 15) is 0 Å². The number of piperidine rings is 1. The normalized spacial score (nSPS) is 24.9. The van der Waals surface area contributed by atoms with Crippen LogP contribution in [0.25, 0.3) is 0 Å². The van der Waals surface area contributed by atoms with Crippen molar-refractivity contribution in [1.29, 1.82) is 0 Å². The van der Waals surface area contributed by atoms with Gasteiger partial charge in [-0.1, -0.05) is 51.9 Å². The Labute approximate surface area is 125 Å². The van der Waals surface area contributed by atoms with E-state index in [1.165, 1.54) is 90.1 Å². The molecule has 3 N–H and O–H groups in total. The minimum atomic E-state index is 0.376. The standard InChI is InChI=1S/C17H35N3/c1-2-3-4-6-11-16(19-18)17(12-7-8-13-17)20-14-9-5-10-15-20/h16,19H,2-15,18H2,1H3. The smallest absolute Gasteiger partial charge is 0.0394 e. The molecule has 1 atom stereocenters. The summed E-state index contributed by atoms with van der Waals surface area (Å²) in [6.07, 6.45) is 16.3. The molecule has 3 nitrogen and oxygen atoms in total. The van der Waals surface area contributed by atoms with Gasteiger partial charge in [-0.05, 0) is 45.2 Å². The van der Waals surface area contributed by atoms with Crippen LogP contribution >= 0.6 is 0 Å². The van der Waals surface area contributed by atoms with Gasteiger partial charge in [0.1, 0.15) is 0 Å². The first-order valence-electron chi connectivity index (χ1n) is 9.04. The van der Waals surface area contributed by atoms with Gasteiger partial charge in [-0.25, -0.2) is 0 Å². The molecule has 0 bridgehead atoms. The summed E-state index contributed by atoms with van der Waals surface area (Å²) in [5.41, 5.74) is 3.59. The number of nitrogens with one attached hydrogen (secondary N) is 1. The molecule has 3 heteroatoms.